The Hall–Kier alpha value is -0.930. The topological polar surface area (TPSA) is 72.8 Å². The van der Waals surface area contributed by atoms with Crippen molar-refractivity contribution in [3.05, 3.63) is 12.2 Å². The van der Waals surface area contributed by atoms with Crippen LogP contribution in [-0.2, 0) is 19.1 Å². The summed E-state index contributed by atoms with van der Waals surface area (Å²) in [5.74, 6) is -0.897. The van der Waals surface area contributed by atoms with Gasteiger partial charge in [-0.05, 0) is 32.3 Å². The van der Waals surface area contributed by atoms with E-state index in [0.717, 1.165) is 0 Å². The predicted octanol–water partition coefficient (Wildman–Crippen LogP) is 2.51. The first-order chi connectivity index (χ1) is 9.91. The van der Waals surface area contributed by atoms with Crippen molar-refractivity contribution >= 4 is 20.5 Å². The maximum Gasteiger partial charge on any atom is 0.333 e. The van der Waals surface area contributed by atoms with Crippen LogP contribution in [0.25, 0.3) is 0 Å². The Bertz CT molecular complexity index is 413. The maximum atomic E-state index is 12.3. The monoisotopic (exact) mass is 332 g/mol. The molecule has 0 amide bonds. The molecule has 3 unspecified atom stereocenters. The van der Waals surface area contributed by atoms with Gasteiger partial charge in [0, 0.05) is 5.57 Å². The molecule has 0 bridgehead atoms. The molecule has 0 aromatic rings. The lowest BCUT2D eigenvalue weighted by Crippen LogP contribution is -2.38. The zero-order chi connectivity index (χ0) is 17.6. The zero-order valence-electron chi connectivity index (χ0n) is 14.5. The van der Waals surface area contributed by atoms with E-state index in [9.17, 15) is 14.7 Å². The van der Waals surface area contributed by atoms with Crippen LogP contribution in [0.15, 0.2) is 12.2 Å². The average Bonchev–Trinajstić information content (AvgIpc) is 2.39. The summed E-state index contributed by atoms with van der Waals surface area (Å²) < 4.78 is 10.0. The lowest BCUT2D eigenvalue weighted by atomic mass is 9.85. The third-order valence-corrected chi connectivity index (χ3v) is 4.53. The van der Waals surface area contributed by atoms with Crippen molar-refractivity contribution in [1.82, 2.24) is 0 Å². The lowest BCUT2D eigenvalue weighted by molar-refractivity contribution is -0.153. The molecule has 0 saturated carbocycles. The van der Waals surface area contributed by atoms with E-state index in [1.165, 1.54) is 6.92 Å². The van der Waals surface area contributed by atoms with Gasteiger partial charge < -0.3 is 14.6 Å². The number of aliphatic hydroxyl groups excluding tert-OH is 1. The molecule has 6 heteroatoms. The molecule has 0 fully saturated rings. The summed E-state index contributed by atoms with van der Waals surface area (Å²) in [4.78, 5) is 23.5. The van der Waals surface area contributed by atoms with Gasteiger partial charge in [-0.15, -0.1) is 8.58 Å². The molecule has 5 nitrogen and oxygen atoms in total. The number of ether oxygens (including phenoxy) is 2. The molecule has 0 radical (unpaired) electrons. The molecule has 0 aromatic carbocycles. The second kappa shape index (κ2) is 8.64. The Kier molecular flexibility index (Phi) is 8.27. The van der Waals surface area contributed by atoms with Crippen LogP contribution in [0.2, 0.25) is 0 Å². The number of aliphatic hydroxyl groups is 1. The molecular formula is C16H29O5P. The van der Waals surface area contributed by atoms with Crippen LogP contribution in [0.4, 0.5) is 0 Å². The van der Waals surface area contributed by atoms with Crippen LogP contribution in [0.1, 0.15) is 41.0 Å². The molecule has 0 heterocycles. The molecule has 3 atom stereocenters. The third kappa shape index (κ3) is 7.90. The van der Waals surface area contributed by atoms with Crippen molar-refractivity contribution < 1.29 is 24.2 Å². The standard InChI is InChI=1S/C16H29O5P/c1-11(2)13(18)20-8-12(17)9-21-14(19)16(6,22-7)10-15(3,4)5/h12,17,22H,1,8-10H2,2-7H3. The van der Waals surface area contributed by atoms with E-state index in [-0.39, 0.29) is 30.2 Å². The largest absolute Gasteiger partial charge is 0.462 e. The molecule has 0 rings (SSSR count). The number of hydrogen-bond donors (Lipinski definition) is 1. The maximum absolute atomic E-state index is 12.3. The van der Waals surface area contributed by atoms with E-state index in [1.54, 1.807) is 0 Å². The average molecular weight is 332 g/mol. The van der Waals surface area contributed by atoms with E-state index in [4.69, 9.17) is 9.47 Å². The third-order valence-electron chi connectivity index (χ3n) is 3.05. The molecule has 128 valence electrons. The Morgan fingerprint density at radius 1 is 1.18 bits per heavy atom. The lowest BCUT2D eigenvalue weighted by Gasteiger charge is -2.33. The predicted molar refractivity (Wildman–Crippen MR) is 89.5 cm³/mol. The number of rotatable bonds is 8. The van der Waals surface area contributed by atoms with Crippen LogP contribution in [0.5, 0.6) is 0 Å². The second-order valence-corrected chi connectivity index (χ2v) is 8.55. The first kappa shape index (κ1) is 21.1. The van der Waals surface area contributed by atoms with Gasteiger partial charge in [0.25, 0.3) is 0 Å². The fourth-order valence-electron chi connectivity index (χ4n) is 2.00. The van der Waals surface area contributed by atoms with Crippen LogP contribution in [0, 0.1) is 5.41 Å². The molecule has 0 aliphatic rings. The fourth-order valence-corrected chi connectivity index (χ4v) is 2.98. The summed E-state index contributed by atoms with van der Waals surface area (Å²) in [6, 6.07) is 0. The Morgan fingerprint density at radius 2 is 1.68 bits per heavy atom. The molecule has 0 aliphatic carbocycles. The van der Waals surface area contributed by atoms with Crippen molar-refractivity contribution in [3.8, 4) is 0 Å². The van der Waals surface area contributed by atoms with E-state index in [1.807, 2.05) is 13.6 Å². The van der Waals surface area contributed by atoms with Gasteiger partial charge in [0.15, 0.2) is 0 Å². The van der Waals surface area contributed by atoms with Crippen LogP contribution in [-0.4, -0.2) is 48.2 Å². The number of carbonyl (C=O) groups excluding carboxylic acids is 2. The van der Waals surface area contributed by atoms with Gasteiger partial charge in [-0.3, -0.25) is 4.79 Å². The Morgan fingerprint density at radius 3 is 2.09 bits per heavy atom. The molecule has 0 spiro atoms. The van der Waals surface area contributed by atoms with Gasteiger partial charge in [-0.25, -0.2) is 4.79 Å². The Labute approximate surface area is 135 Å². The normalized spacial score (nSPS) is 16.1. The van der Waals surface area contributed by atoms with Gasteiger partial charge >= 0.3 is 11.9 Å². The van der Waals surface area contributed by atoms with E-state index < -0.39 is 17.2 Å². The van der Waals surface area contributed by atoms with Crippen molar-refractivity contribution in [2.45, 2.75) is 52.3 Å². The highest BCUT2D eigenvalue weighted by Crippen LogP contribution is 2.40. The van der Waals surface area contributed by atoms with Crippen LogP contribution in [0.3, 0.4) is 0 Å². The van der Waals surface area contributed by atoms with Crippen molar-refractivity contribution in [1.29, 1.82) is 0 Å². The zero-order valence-corrected chi connectivity index (χ0v) is 15.5. The van der Waals surface area contributed by atoms with E-state index in [2.05, 4.69) is 27.4 Å². The molecule has 1 N–H and O–H groups in total. The SMILES string of the molecule is C=C(C)C(=O)OCC(O)COC(=O)C(C)(CC(C)(C)C)PC. The Balaban J connectivity index is 4.41. The highest BCUT2D eigenvalue weighted by molar-refractivity contribution is 7.40. The van der Waals surface area contributed by atoms with Gasteiger partial charge in [-0.1, -0.05) is 27.4 Å². The van der Waals surface area contributed by atoms with Crippen LogP contribution < -0.4 is 0 Å². The summed E-state index contributed by atoms with van der Waals surface area (Å²) in [7, 11) is 0.399. The highest BCUT2D eigenvalue weighted by Gasteiger charge is 2.37. The summed E-state index contributed by atoms with van der Waals surface area (Å²) in [5, 5.41) is 9.15. The number of hydrogen-bond acceptors (Lipinski definition) is 5. The summed E-state index contributed by atoms with van der Waals surface area (Å²) in [5.41, 5.74) is 0.265. The first-order valence-electron chi connectivity index (χ1n) is 7.28. The van der Waals surface area contributed by atoms with Gasteiger partial charge in [0.05, 0.1) is 5.16 Å². The molecular weight excluding hydrogens is 303 g/mol. The first-order valence-corrected chi connectivity index (χ1v) is 8.78. The van der Waals surface area contributed by atoms with Crippen molar-refractivity contribution in [2.75, 3.05) is 19.9 Å². The van der Waals surface area contributed by atoms with E-state index >= 15 is 0 Å². The molecule has 0 aromatic heterocycles. The second-order valence-electron chi connectivity index (χ2n) is 6.95. The quantitative estimate of drug-likeness (QED) is 0.420. The number of esters is 2. The number of carbonyl (C=O) groups is 2. The molecule has 0 aliphatic heterocycles. The van der Waals surface area contributed by atoms with Crippen molar-refractivity contribution in [3.63, 3.8) is 0 Å². The minimum Gasteiger partial charge on any atom is -0.462 e. The molecule has 0 saturated heterocycles. The summed E-state index contributed by atoms with van der Waals surface area (Å²) in [6.07, 6.45) is -0.333. The summed E-state index contributed by atoms with van der Waals surface area (Å²) in [6.45, 7) is 14.6. The van der Waals surface area contributed by atoms with E-state index in [0.29, 0.717) is 15.0 Å². The van der Waals surface area contributed by atoms with Crippen molar-refractivity contribution in [2.24, 2.45) is 5.41 Å². The van der Waals surface area contributed by atoms with Crippen LogP contribution >= 0.6 is 8.58 Å². The minimum atomic E-state index is -1.04. The molecule has 22 heavy (non-hydrogen) atoms. The highest BCUT2D eigenvalue weighted by atomic mass is 31.1. The fraction of sp³-hybridized carbons (Fsp3) is 0.750. The summed E-state index contributed by atoms with van der Waals surface area (Å²) >= 11 is 0. The minimum absolute atomic E-state index is 0.00636. The smallest absolute Gasteiger partial charge is 0.333 e. The van der Waals surface area contributed by atoms with Gasteiger partial charge in [-0.2, -0.15) is 0 Å². The van der Waals surface area contributed by atoms with Gasteiger partial charge in [0.2, 0.25) is 0 Å². The van der Waals surface area contributed by atoms with Gasteiger partial charge in [0.1, 0.15) is 19.3 Å².